The van der Waals surface area contributed by atoms with E-state index in [9.17, 15) is 9.59 Å². The average molecular weight is 379 g/mol. The fraction of sp³-hybridized carbons (Fsp3) is 0.417. The van der Waals surface area contributed by atoms with E-state index < -0.39 is 0 Å². The minimum absolute atomic E-state index is 0.0151. The van der Waals surface area contributed by atoms with Gasteiger partial charge in [-0.1, -0.05) is 43.2 Å². The van der Waals surface area contributed by atoms with Crippen LogP contribution in [0.25, 0.3) is 0 Å². The van der Waals surface area contributed by atoms with Gasteiger partial charge >= 0.3 is 0 Å². The van der Waals surface area contributed by atoms with Crippen LogP contribution < -0.4 is 5.32 Å². The molecular formula is C24H30N2O2. The van der Waals surface area contributed by atoms with E-state index in [1.54, 1.807) is 0 Å². The monoisotopic (exact) mass is 378 g/mol. The van der Waals surface area contributed by atoms with E-state index in [1.807, 2.05) is 54.3 Å². The lowest BCUT2D eigenvalue weighted by Crippen LogP contribution is -2.39. The molecule has 2 aromatic rings. The SMILES string of the molecule is CCCCNC(=O)c1cccc(C2CCCN(C(=O)c3ccc(C)cc3)C2)c1. The van der Waals surface area contributed by atoms with Gasteiger partial charge in [-0.05, 0) is 56.0 Å². The molecular weight excluding hydrogens is 348 g/mol. The van der Waals surface area contributed by atoms with Gasteiger partial charge in [-0.15, -0.1) is 0 Å². The third kappa shape index (κ3) is 5.00. The zero-order valence-electron chi connectivity index (χ0n) is 16.9. The molecule has 1 saturated heterocycles. The van der Waals surface area contributed by atoms with Gasteiger partial charge < -0.3 is 10.2 Å². The molecule has 4 nitrogen and oxygen atoms in total. The molecule has 0 spiro atoms. The van der Waals surface area contributed by atoms with Crippen LogP contribution in [0.4, 0.5) is 0 Å². The maximum absolute atomic E-state index is 12.9. The van der Waals surface area contributed by atoms with E-state index in [4.69, 9.17) is 0 Å². The van der Waals surface area contributed by atoms with Crippen LogP contribution in [0, 0.1) is 6.92 Å². The predicted molar refractivity (Wildman–Crippen MR) is 113 cm³/mol. The van der Waals surface area contributed by atoms with Gasteiger partial charge in [0.15, 0.2) is 0 Å². The number of hydrogen-bond donors (Lipinski definition) is 1. The van der Waals surface area contributed by atoms with Crippen LogP contribution >= 0.6 is 0 Å². The summed E-state index contributed by atoms with van der Waals surface area (Å²) in [5.74, 6) is 0.350. The Bertz CT molecular complexity index is 814. The second kappa shape index (κ2) is 9.54. The van der Waals surface area contributed by atoms with Crippen molar-refractivity contribution in [3.8, 4) is 0 Å². The van der Waals surface area contributed by atoms with Crippen LogP contribution in [0.1, 0.15) is 70.4 Å². The van der Waals surface area contributed by atoms with Crippen LogP contribution in [0.15, 0.2) is 48.5 Å². The van der Waals surface area contributed by atoms with E-state index >= 15 is 0 Å². The molecule has 1 fully saturated rings. The second-order valence-corrected chi connectivity index (χ2v) is 7.69. The molecule has 3 rings (SSSR count). The summed E-state index contributed by atoms with van der Waals surface area (Å²) in [6.07, 6.45) is 4.07. The van der Waals surface area contributed by atoms with Gasteiger partial charge in [0.1, 0.15) is 0 Å². The highest BCUT2D eigenvalue weighted by atomic mass is 16.2. The lowest BCUT2D eigenvalue weighted by molar-refractivity contribution is 0.0706. The van der Waals surface area contributed by atoms with E-state index in [0.717, 1.165) is 48.9 Å². The van der Waals surface area contributed by atoms with Crippen LogP contribution in [0.5, 0.6) is 0 Å². The number of piperidine rings is 1. The first-order valence-electron chi connectivity index (χ1n) is 10.3. The van der Waals surface area contributed by atoms with Crippen LogP contribution in [-0.4, -0.2) is 36.3 Å². The number of carbonyl (C=O) groups excluding carboxylic acids is 2. The quantitative estimate of drug-likeness (QED) is 0.750. The molecule has 28 heavy (non-hydrogen) atoms. The minimum atomic E-state index is -0.0151. The highest BCUT2D eigenvalue weighted by Gasteiger charge is 2.26. The Morgan fingerprint density at radius 3 is 2.64 bits per heavy atom. The van der Waals surface area contributed by atoms with Crippen molar-refractivity contribution in [2.45, 2.75) is 45.4 Å². The van der Waals surface area contributed by atoms with Crippen molar-refractivity contribution in [1.82, 2.24) is 10.2 Å². The molecule has 1 aliphatic rings. The summed E-state index contributed by atoms with van der Waals surface area (Å²) in [6, 6.07) is 15.7. The highest BCUT2D eigenvalue weighted by Crippen LogP contribution is 2.28. The summed E-state index contributed by atoms with van der Waals surface area (Å²) in [4.78, 5) is 27.2. The van der Waals surface area contributed by atoms with Gasteiger partial charge in [0.05, 0.1) is 0 Å². The van der Waals surface area contributed by atoms with Crippen LogP contribution in [-0.2, 0) is 0 Å². The summed E-state index contributed by atoms with van der Waals surface area (Å²) in [7, 11) is 0. The van der Waals surface area contributed by atoms with Gasteiger partial charge in [-0.3, -0.25) is 9.59 Å². The number of benzene rings is 2. The number of hydrogen-bond acceptors (Lipinski definition) is 2. The molecule has 0 aliphatic carbocycles. The third-order valence-corrected chi connectivity index (χ3v) is 5.44. The molecule has 0 saturated carbocycles. The number of nitrogens with zero attached hydrogens (tertiary/aromatic N) is 1. The van der Waals surface area contributed by atoms with E-state index in [2.05, 4.69) is 18.3 Å². The molecule has 1 atom stereocenters. The van der Waals surface area contributed by atoms with Crippen LogP contribution in [0.3, 0.4) is 0 Å². The van der Waals surface area contributed by atoms with Crippen molar-refractivity contribution >= 4 is 11.8 Å². The normalized spacial score (nSPS) is 16.6. The fourth-order valence-electron chi connectivity index (χ4n) is 3.73. The fourth-order valence-corrected chi connectivity index (χ4v) is 3.73. The number of nitrogens with one attached hydrogen (secondary N) is 1. The third-order valence-electron chi connectivity index (χ3n) is 5.44. The molecule has 0 aromatic heterocycles. The number of amides is 2. The number of aryl methyl sites for hydroxylation is 1. The van der Waals surface area contributed by atoms with Crippen LogP contribution in [0.2, 0.25) is 0 Å². The largest absolute Gasteiger partial charge is 0.352 e. The number of rotatable bonds is 6. The molecule has 4 heteroatoms. The molecule has 1 unspecified atom stereocenters. The molecule has 2 aromatic carbocycles. The van der Waals surface area contributed by atoms with E-state index in [0.29, 0.717) is 18.7 Å². The van der Waals surface area contributed by atoms with Gasteiger partial charge in [0.2, 0.25) is 0 Å². The Morgan fingerprint density at radius 1 is 1.11 bits per heavy atom. The summed E-state index contributed by atoms with van der Waals surface area (Å²) < 4.78 is 0. The maximum Gasteiger partial charge on any atom is 0.253 e. The molecule has 1 aliphatic heterocycles. The van der Waals surface area contributed by atoms with Crippen molar-refractivity contribution in [3.63, 3.8) is 0 Å². The standard InChI is InChI=1S/C24H30N2O2/c1-3-4-14-25-23(27)21-8-5-7-20(16-21)22-9-6-15-26(17-22)24(28)19-12-10-18(2)11-13-19/h5,7-8,10-13,16,22H,3-4,6,9,14-15,17H2,1-2H3,(H,25,27). The summed E-state index contributed by atoms with van der Waals surface area (Å²) in [5, 5.41) is 2.98. The van der Waals surface area contributed by atoms with Gasteiger partial charge in [0.25, 0.3) is 11.8 Å². The Kier molecular flexibility index (Phi) is 6.85. The molecule has 0 bridgehead atoms. The van der Waals surface area contributed by atoms with Crippen molar-refractivity contribution < 1.29 is 9.59 Å². The van der Waals surface area contributed by atoms with Gasteiger partial charge in [-0.25, -0.2) is 0 Å². The number of likely N-dealkylation sites (tertiary alicyclic amines) is 1. The Labute approximate surface area is 167 Å². The first-order valence-corrected chi connectivity index (χ1v) is 10.3. The molecule has 0 radical (unpaired) electrons. The predicted octanol–water partition coefficient (Wildman–Crippen LogP) is 4.54. The maximum atomic E-state index is 12.9. The lowest BCUT2D eigenvalue weighted by Gasteiger charge is -2.33. The number of unbranched alkanes of at least 4 members (excludes halogenated alkanes) is 1. The minimum Gasteiger partial charge on any atom is -0.352 e. The zero-order valence-corrected chi connectivity index (χ0v) is 16.9. The van der Waals surface area contributed by atoms with E-state index in [1.165, 1.54) is 0 Å². The average Bonchev–Trinajstić information content (AvgIpc) is 2.74. The Balaban J connectivity index is 1.68. The Morgan fingerprint density at radius 2 is 1.89 bits per heavy atom. The van der Waals surface area contributed by atoms with Crippen molar-refractivity contribution in [3.05, 3.63) is 70.8 Å². The summed E-state index contributed by atoms with van der Waals surface area (Å²) >= 11 is 0. The first-order chi connectivity index (χ1) is 13.6. The zero-order chi connectivity index (χ0) is 19.9. The first kappa shape index (κ1) is 20.1. The van der Waals surface area contributed by atoms with Gasteiger partial charge in [0, 0.05) is 36.7 Å². The van der Waals surface area contributed by atoms with Crippen molar-refractivity contribution in [1.29, 1.82) is 0 Å². The molecule has 148 valence electrons. The topological polar surface area (TPSA) is 49.4 Å². The smallest absolute Gasteiger partial charge is 0.253 e. The Hall–Kier alpha value is -2.62. The second-order valence-electron chi connectivity index (χ2n) is 7.69. The molecule has 1 heterocycles. The molecule has 1 N–H and O–H groups in total. The summed E-state index contributed by atoms with van der Waals surface area (Å²) in [6.45, 7) is 6.34. The number of carbonyl (C=O) groups is 2. The highest BCUT2D eigenvalue weighted by molar-refractivity contribution is 5.95. The lowest BCUT2D eigenvalue weighted by atomic mass is 9.89. The van der Waals surface area contributed by atoms with Crippen molar-refractivity contribution in [2.24, 2.45) is 0 Å². The van der Waals surface area contributed by atoms with E-state index in [-0.39, 0.29) is 17.7 Å². The summed E-state index contributed by atoms with van der Waals surface area (Å²) in [5.41, 5.74) is 3.75. The van der Waals surface area contributed by atoms with Crippen molar-refractivity contribution in [2.75, 3.05) is 19.6 Å². The molecule has 2 amide bonds. The van der Waals surface area contributed by atoms with Gasteiger partial charge in [-0.2, -0.15) is 0 Å².